The molecule has 0 radical (unpaired) electrons. The molecule has 88 valence electrons. The van der Waals surface area contributed by atoms with Crippen LogP contribution >= 0.6 is 11.3 Å². The highest BCUT2D eigenvalue weighted by Crippen LogP contribution is 2.04. The van der Waals surface area contributed by atoms with Gasteiger partial charge in [-0.25, -0.2) is 4.79 Å². The highest BCUT2D eigenvalue weighted by molar-refractivity contribution is 7.07. The number of urea groups is 1. The van der Waals surface area contributed by atoms with Crippen molar-refractivity contribution in [1.29, 1.82) is 0 Å². The number of hydrogen-bond acceptors (Lipinski definition) is 3. The van der Waals surface area contributed by atoms with Crippen molar-refractivity contribution in [3.8, 4) is 0 Å². The number of thiophene rings is 1. The number of carbonyl (C=O) groups excluding carboxylic acids is 1. The van der Waals surface area contributed by atoms with Crippen molar-refractivity contribution < 1.29 is 4.79 Å². The molecule has 0 aliphatic heterocycles. The third kappa shape index (κ3) is 3.88. The summed E-state index contributed by atoms with van der Waals surface area (Å²) in [6.45, 7) is 0.994. The lowest BCUT2D eigenvalue weighted by Crippen LogP contribution is -2.34. The molecule has 0 saturated heterocycles. The molecule has 0 unspecified atom stereocenters. The maximum atomic E-state index is 11.5. The lowest BCUT2D eigenvalue weighted by molar-refractivity contribution is 0.240. The molecule has 2 heterocycles. The summed E-state index contributed by atoms with van der Waals surface area (Å²) in [5, 5.41) is 9.54. The summed E-state index contributed by atoms with van der Waals surface area (Å²) >= 11 is 1.62. The molecule has 2 rings (SSSR count). The zero-order valence-electron chi connectivity index (χ0n) is 9.22. The van der Waals surface area contributed by atoms with Gasteiger partial charge in [-0.05, 0) is 34.5 Å². The summed E-state index contributed by atoms with van der Waals surface area (Å²) in [6, 6.07) is 7.43. The van der Waals surface area contributed by atoms with Crippen molar-refractivity contribution in [3.05, 3.63) is 52.5 Å². The van der Waals surface area contributed by atoms with Gasteiger partial charge < -0.3 is 10.6 Å². The van der Waals surface area contributed by atoms with Gasteiger partial charge in [-0.2, -0.15) is 11.3 Å². The number of aromatic nitrogens is 1. The number of nitrogens with zero attached hydrogens (tertiary/aromatic N) is 1. The monoisotopic (exact) mass is 247 g/mol. The van der Waals surface area contributed by atoms with Crippen LogP contribution in [0.5, 0.6) is 0 Å². The Labute approximate surface area is 104 Å². The molecule has 0 atom stereocenters. The van der Waals surface area contributed by atoms with Gasteiger partial charge in [0, 0.05) is 12.7 Å². The fourth-order valence-corrected chi connectivity index (χ4v) is 1.98. The van der Waals surface area contributed by atoms with E-state index in [1.807, 2.05) is 35.0 Å². The van der Waals surface area contributed by atoms with Crippen LogP contribution in [-0.2, 0) is 13.1 Å². The largest absolute Gasteiger partial charge is 0.334 e. The average molecular weight is 247 g/mol. The van der Waals surface area contributed by atoms with Crippen molar-refractivity contribution in [2.45, 2.75) is 13.1 Å². The zero-order chi connectivity index (χ0) is 11.9. The van der Waals surface area contributed by atoms with Crippen LogP contribution in [0, 0.1) is 0 Å². The van der Waals surface area contributed by atoms with Gasteiger partial charge in [0.15, 0.2) is 0 Å². The van der Waals surface area contributed by atoms with E-state index in [-0.39, 0.29) is 6.03 Å². The molecule has 2 aromatic rings. The molecule has 0 bridgehead atoms. The van der Waals surface area contributed by atoms with Crippen LogP contribution in [-0.4, -0.2) is 11.0 Å². The average Bonchev–Trinajstić information content (AvgIpc) is 2.88. The predicted octanol–water partition coefficient (Wildman–Crippen LogP) is 2.14. The van der Waals surface area contributed by atoms with Crippen LogP contribution in [0.15, 0.2) is 41.2 Å². The Kier molecular flexibility index (Phi) is 4.10. The van der Waals surface area contributed by atoms with Gasteiger partial charge in [-0.1, -0.05) is 6.07 Å². The SMILES string of the molecule is O=C(NCc1ccsc1)NCc1ccccn1. The summed E-state index contributed by atoms with van der Waals surface area (Å²) in [5.74, 6) is 0. The number of rotatable bonds is 4. The minimum absolute atomic E-state index is 0.179. The quantitative estimate of drug-likeness (QED) is 0.869. The molecule has 5 heteroatoms. The second-order valence-electron chi connectivity index (χ2n) is 3.49. The number of hydrogen-bond donors (Lipinski definition) is 2. The Morgan fingerprint density at radius 1 is 1.24 bits per heavy atom. The molecular weight excluding hydrogens is 234 g/mol. The standard InChI is InChI=1S/C12H13N3OS/c16-12(14-7-10-4-6-17-9-10)15-8-11-3-1-2-5-13-11/h1-6,9H,7-8H2,(H2,14,15,16). The highest BCUT2D eigenvalue weighted by Gasteiger charge is 2.00. The summed E-state index contributed by atoms with van der Waals surface area (Å²) in [6.07, 6.45) is 1.71. The first-order chi connectivity index (χ1) is 8.34. The Morgan fingerprint density at radius 3 is 2.82 bits per heavy atom. The summed E-state index contributed by atoms with van der Waals surface area (Å²) in [4.78, 5) is 15.6. The van der Waals surface area contributed by atoms with E-state index in [2.05, 4.69) is 15.6 Å². The minimum atomic E-state index is -0.179. The first kappa shape index (κ1) is 11.6. The third-order valence-electron chi connectivity index (χ3n) is 2.19. The van der Waals surface area contributed by atoms with Crippen LogP contribution < -0.4 is 10.6 Å². The van der Waals surface area contributed by atoms with Crippen molar-refractivity contribution in [3.63, 3.8) is 0 Å². The van der Waals surface area contributed by atoms with E-state index in [0.717, 1.165) is 11.3 Å². The van der Waals surface area contributed by atoms with E-state index in [4.69, 9.17) is 0 Å². The maximum Gasteiger partial charge on any atom is 0.315 e. The Bertz CT molecular complexity index is 456. The van der Waals surface area contributed by atoms with Crippen LogP contribution in [0.4, 0.5) is 4.79 Å². The molecule has 2 aromatic heterocycles. The number of carbonyl (C=O) groups is 1. The maximum absolute atomic E-state index is 11.5. The molecule has 0 aromatic carbocycles. The van der Waals surface area contributed by atoms with Gasteiger partial charge in [0.2, 0.25) is 0 Å². The number of nitrogens with one attached hydrogen (secondary N) is 2. The van der Waals surface area contributed by atoms with Crippen LogP contribution in [0.2, 0.25) is 0 Å². The van der Waals surface area contributed by atoms with Gasteiger partial charge >= 0.3 is 6.03 Å². The molecule has 0 aliphatic rings. The molecule has 2 amide bonds. The predicted molar refractivity (Wildman–Crippen MR) is 67.6 cm³/mol. The van der Waals surface area contributed by atoms with Crippen molar-refractivity contribution >= 4 is 17.4 Å². The first-order valence-electron chi connectivity index (χ1n) is 5.27. The molecule has 17 heavy (non-hydrogen) atoms. The molecule has 0 saturated carbocycles. The van der Waals surface area contributed by atoms with Crippen molar-refractivity contribution in [2.24, 2.45) is 0 Å². The topological polar surface area (TPSA) is 54.0 Å². The smallest absolute Gasteiger partial charge is 0.315 e. The molecular formula is C12H13N3OS. The van der Waals surface area contributed by atoms with E-state index in [9.17, 15) is 4.79 Å². The third-order valence-corrected chi connectivity index (χ3v) is 2.92. The van der Waals surface area contributed by atoms with E-state index in [1.54, 1.807) is 17.5 Å². The second kappa shape index (κ2) is 6.00. The van der Waals surface area contributed by atoms with Gasteiger partial charge in [0.1, 0.15) is 0 Å². The fourth-order valence-electron chi connectivity index (χ4n) is 1.31. The Hall–Kier alpha value is -1.88. The van der Waals surface area contributed by atoms with Gasteiger partial charge in [0.05, 0.1) is 12.2 Å². The van der Waals surface area contributed by atoms with Crippen LogP contribution in [0.1, 0.15) is 11.3 Å². The minimum Gasteiger partial charge on any atom is -0.334 e. The summed E-state index contributed by atoms with van der Waals surface area (Å²) in [5.41, 5.74) is 1.96. The summed E-state index contributed by atoms with van der Waals surface area (Å²) in [7, 11) is 0. The lowest BCUT2D eigenvalue weighted by atomic mass is 10.3. The molecule has 2 N–H and O–H groups in total. The van der Waals surface area contributed by atoms with Crippen molar-refractivity contribution in [1.82, 2.24) is 15.6 Å². The second-order valence-corrected chi connectivity index (χ2v) is 4.27. The van der Waals surface area contributed by atoms with Crippen LogP contribution in [0.25, 0.3) is 0 Å². The lowest BCUT2D eigenvalue weighted by Gasteiger charge is -2.06. The molecule has 0 fully saturated rings. The Morgan fingerprint density at radius 2 is 2.12 bits per heavy atom. The first-order valence-corrected chi connectivity index (χ1v) is 6.21. The van der Waals surface area contributed by atoms with Gasteiger partial charge in [0.25, 0.3) is 0 Å². The highest BCUT2D eigenvalue weighted by atomic mass is 32.1. The van der Waals surface area contributed by atoms with E-state index in [1.165, 1.54) is 0 Å². The number of amides is 2. The zero-order valence-corrected chi connectivity index (χ0v) is 10.0. The molecule has 0 aliphatic carbocycles. The van der Waals surface area contributed by atoms with E-state index >= 15 is 0 Å². The van der Waals surface area contributed by atoms with Crippen LogP contribution in [0.3, 0.4) is 0 Å². The molecule has 4 nitrogen and oxygen atoms in total. The Balaban J connectivity index is 1.71. The summed E-state index contributed by atoms with van der Waals surface area (Å²) < 4.78 is 0. The van der Waals surface area contributed by atoms with Gasteiger partial charge in [-0.3, -0.25) is 4.98 Å². The normalized spacial score (nSPS) is 9.88. The molecule has 0 spiro atoms. The van der Waals surface area contributed by atoms with E-state index in [0.29, 0.717) is 13.1 Å². The fraction of sp³-hybridized carbons (Fsp3) is 0.167. The van der Waals surface area contributed by atoms with E-state index < -0.39 is 0 Å². The van der Waals surface area contributed by atoms with Crippen molar-refractivity contribution in [2.75, 3.05) is 0 Å². The number of pyridine rings is 1. The van der Waals surface area contributed by atoms with Gasteiger partial charge in [-0.15, -0.1) is 0 Å².